The lowest BCUT2D eigenvalue weighted by Crippen LogP contribution is -2.29. The SMILES string of the molecule is CCc1cc(C(=O)Nc2cccc(S(=O)(=O)NCCN)c2)n[nH]1.Cl. The van der Waals surface area contributed by atoms with E-state index in [0.717, 1.165) is 12.1 Å². The zero-order valence-corrected chi connectivity index (χ0v) is 14.7. The van der Waals surface area contributed by atoms with Crippen molar-refractivity contribution in [2.45, 2.75) is 18.2 Å². The van der Waals surface area contributed by atoms with Gasteiger partial charge in [0.05, 0.1) is 4.90 Å². The first kappa shape index (κ1) is 20.1. The van der Waals surface area contributed by atoms with Crippen molar-refractivity contribution < 1.29 is 13.2 Å². The summed E-state index contributed by atoms with van der Waals surface area (Å²) in [6, 6.07) is 7.63. The van der Waals surface area contributed by atoms with Crippen LogP contribution in [0.5, 0.6) is 0 Å². The van der Waals surface area contributed by atoms with E-state index in [0.29, 0.717) is 5.69 Å². The van der Waals surface area contributed by atoms with Gasteiger partial charge in [0.2, 0.25) is 10.0 Å². The minimum atomic E-state index is -3.65. The maximum atomic E-state index is 12.1. The van der Waals surface area contributed by atoms with Gasteiger partial charge in [0.25, 0.3) is 5.91 Å². The molecule has 0 aliphatic carbocycles. The summed E-state index contributed by atoms with van der Waals surface area (Å²) in [6.07, 6.45) is 0.737. The Morgan fingerprint density at radius 1 is 1.33 bits per heavy atom. The lowest BCUT2D eigenvalue weighted by molar-refractivity contribution is 0.102. The molecule has 24 heavy (non-hydrogen) atoms. The summed E-state index contributed by atoms with van der Waals surface area (Å²) in [6.45, 7) is 2.29. The minimum Gasteiger partial charge on any atom is -0.329 e. The Balaban J connectivity index is 0.00000288. The number of anilines is 1. The van der Waals surface area contributed by atoms with Crippen LogP contribution in [0.25, 0.3) is 0 Å². The number of aromatic amines is 1. The third-order valence-corrected chi connectivity index (χ3v) is 4.54. The number of aromatic nitrogens is 2. The molecule has 132 valence electrons. The molecular formula is C14H20ClN5O3S. The second-order valence-corrected chi connectivity index (χ2v) is 6.57. The van der Waals surface area contributed by atoms with Crippen molar-refractivity contribution in [3.8, 4) is 0 Å². The van der Waals surface area contributed by atoms with E-state index < -0.39 is 15.9 Å². The van der Waals surface area contributed by atoms with Crippen LogP contribution in [0.4, 0.5) is 5.69 Å². The van der Waals surface area contributed by atoms with Crippen LogP contribution in [-0.2, 0) is 16.4 Å². The van der Waals surface area contributed by atoms with Crippen molar-refractivity contribution in [3.05, 3.63) is 41.7 Å². The largest absolute Gasteiger partial charge is 0.329 e. The fourth-order valence-electron chi connectivity index (χ4n) is 1.87. The summed E-state index contributed by atoms with van der Waals surface area (Å²) >= 11 is 0. The van der Waals surface area contributed by atoms with Crippen LogP contribution in [0.15, 0.2) is 35.2 Å². The van der Waals surface area contributed by atoms with Gasteiger partial charge in [-0.3, -0.25) is 9.89 Å². The van der Waals surface area contributed by atoms with Gasteiger partial charge in [-0.2, -0.15) is 5.10 Å². The molecule has 1 heterocycles. The molecule has 0 fully saturated rings. The summed E-state index contributed by atoms with van der Waals surface area (Å²) in [5.41, 5.74) is 6.75. The Kier molecular flexibility index (Phi) is 7.36. The average Bonchev–Trinajstić information content (AvgIpc) is 3.02. The molecule has 1 aromatic carbocycles. The maximum absolute atomic E-state index is 12.1. The third-order valence-electron chi connectivity index (χ3n) is 3.08. The lowest BCUT2D eigenvalue weighted by Gasteiger charge is -2.08. The molecule has 8 nitrogen and oxygen atoms in total. The number of hydrogen-bond donors (Lipinski definition) is 4. The molecule has 5 N–H and O–H groups in total. The number of carbonyl (C=O) groups excluding carboxylic acids is 1. The van der Waals surface area contributed by atoms with Gasteiger partial charge < -0.3 is 11.1 Å². The smallest absolute Gasteiger partial charge is 0.276 e. The molecule has 0 unspecified atom stereocenters. The number of nitrogens with two attached hydrogens (primary N) is 1. The average molecular weight is 374 g/mol. The molecule has 0 atom stereocenters. The van der Waals surface area contributed by atoms with E-state index in [1.54, 1.807) is 18.2 Å². The standard InChI is InChI=1S/C14H19N5O3S.ClH/c1-2-10-9-13(19-18-10)14(20)17-11-4-3-5-12(8-11)23(21,22)16-7-6-15;/h3-5,8-9,16H,2,6-7,15H2,1H3,(H,17,20)(H,18,19);1H. The van der Waals surface area contributed by atoms with E-state index in [-0.39, 0.29) is 36.1 Å². The monoisotopic (exact) mass is 373 g/mol. The number of sulfonamides is 1. The molecule has 1 amide bonds. The highest BCUT2D eigenvalue weighted by atomic mass is 35.5. The number of amides is 1. The van der Waals surface area contributed by atoms with Crippen molar-refractivity contribution in [2.75, 3.05) is 18.4 Å². The number of aryl methyl sites for hydroxylation is 1. The number of nitrogens with one attached hydrogen (secondary N) is 3. The summed E-state index contributed by atoms with van der Waals surface area (Å²) < 4.78 is 26.5. The molecule has 10 heteroatoms. The van der Waals surface area contributed by atoms with Gasteiger partial charge in [-0.1, -0.05) is 13.0 Å². The van der Waals surface area contributed by atoms with Crippen molar-refractivity contribution in [3.63, 3.8) is 0 Å². The van der Waals surface area contributed by atoms with Crippen LogP contribution in [0.1, 0.15) is 23.1 Å². The van der Waals surface area contributed by atoms with Gasteiger partial charge in [-0.15, -0.1) is 12.4 Å². The fraction of sp³-hybridized carbons (Fsp3) is 0.286. The topological polar surface area (TPSA) is 130 Å². The van der Waals surface area contributed by atoms with Crippen molar-refractivity contribution in [1.82, 2.24) is 14.9 Å². The van der Waals surface area contributed by atoms with Crippen molar-refractivity contribution in [1.29, 1.82) is 0 Å². The van der Waals surface area contributed by atoms with Crippen LogP contribution in [0, 0.1) is 0 Å². The van der Waals surface area contributed by atoms with Crippen molar-refractivity contribution in [2.24, 2.45) is 5.73 Å². The van der Waals surface area contributed by atoms with Crippen molar-refractivity contribution >= 4 is 34.0 Å². The number of carbonyl (C=O) groups is 1. The van der Waals surface area contributed by atoms with E-state index in [2.05, 4.69) is 20.2 Å². The predicted octanol–water partition coefficient (Wildman–Crippen LogP) is 0.883. The molecular weight excluding hydrogens is 354 g/mol. The molecule has 2 aromatic rings. The Bertz CT molecular complexity index is 791. The van der Waals surface area contributed by atoms with E-state index in [9.17, 15) is 13.2 Å². The van der Waals surface area contributed by atoms with Crippen LogP contribution >= 0.6 is 12.4 Å². The molecule has 1 aromatic heterocycles. The first-order chi connectivity index (χ1) is 11.0. The Labute approximate surface area is 146 Å². The Hall–Kier alpha value is -1.94. The van der Waals surface area contributed by atoms with Crippen LogP contribution in [-0.4, -0.2) is 37.6 Å². The minimum absolute atomic E-state index is 0. The number of hydrogen-bond acceptors (Lipinski definition) is 5. The fourth-order valence-corrected chi connectivity index (χ4v) is 2.96. The molecule has 0 bridgehead atoms. The van der Waals surface area contributed by atoms with E-state index in [1.165, 1.54) is 12.1 Å². The highest BCUT2D eigenvalue weighted by Crippen LogP contribution is 2.16. The molecule has 0 radical (unpaired) electrons. The van der Waals surface area contributed by atoms with Gasteiger partial charge >= 0.3 is 0 Å². The predicted molar refractivity (Wildman–Crippen MR) is 93.9 cm³/mol. The first-order valence-electron chi connectivity index (χ1n) is 7.11. The molecule has 2 rings (SSSR count). The first-order valence-corrected chi connectivity index (χ1v) is 8.60. The number of nitrogens with zero attached hydrogens (tertiary/aromatic N) is 1. The summed E-state index contributed by atoms with van der Waals surface area (Å²) in [5.74, 6) is -0.412. The van der Waals surface area contributed by atoms with Gasteiger partial charge in [0, 0.05) is 24.5 Å². The van der Waals surface area contributed by atoms with Crippen LogP contribution < -0.4 is 15.8 Å². The van der Waals surface area contributed by atoms with Gasteiger partial charge in [0.1, 0.15) is 0 Å². The zero-order chi connectivity index (χ0) is 16.9. The van der Waals surface area contributed by atoms with Crippen LogP contribution in [0.2, 0.25) is 0 Å². The van der Waals surface area contributed by atoms with E-state index in [4.69, 9.17) is 5.73 Å². The molecule has 0 aliphatic heterocycles. The summed E-state index contributed by atoms with van der Waals surface area (Å²) in [7, 11) is -3.65. The van der Waals surface area contributed by atoms with Gasteiger partial charge in [-0.05, 0) is 30.7 Å². The molecule has 0 spiro atoms. The number of halogens is 1. The van der Waals surface area contributed by atoms with E-state index >= 15 is 0 Å². The molecule has 0 saturated heterocycles. The Morgan fingerprint density at radius 3 is 2.71 bits per heavy atom. The number of H-pyrrole nitrogens is 1. The second-order valence-electron chi connectivity index (χ2n) is 4.80. The zero-order valence-electron chi connectivity index (χ0n) is 13.1. The quantitative estimate of drug-likeness (QED) is 0.572. The van der Waals surface area contributed by atoms with Gasteiger partial charge in [-0.25, -0.2) is 13.1 Å². The number of rotatable bonds is 7. The summed E-state index contributed by atoms with van der Waals surface area (Å²) in [5, 5.41) is 9.29. The summed E-state index contributed by atoms with van der Waals surface area (Å²) in [4.78, 5) is 12.2. The van der Waals surface area contributed by atoms with Gasteiger partial charge in [0.15, 0.2) is 5.69 Å². The normalized spacial score (nSPS) is 10.9. The third kappa shape index (κ3) is 5.03. The van der Waals surface area contributed by atoms with Crippen LogP contribution in [0.3, 0.4) is 0 Å². The molecule has 0 saturated carbocycles. The number of benzene rings is 1. The Morgan fingerprint density at radius 2 is 2.08 bits per heavy atom. The maximum Gasteiger partial charge on any atom is 0.276 e. The highest BCUT2D eigenvalue weighted by molar-refractivity contribution is 7.89. The molecule has 0 aliphatic rings. The lowest BCUT2D eigenvalue weighted by atomic mass is 10.3. The highest BCUT2D eigenvalue weighted by Gasteiger charge is 2.15. The second kappa shape index (κ2) is 8.78. The van der Waals surface area contributed by atoms with E-state index in [1.807, 2.05) is 6.92 Å².